The van der Waals surface area contributed by atoms with Crippen molar-refractivity contribution < 1.29 is 14.2 Å². The maximum atomic E-state index is 13.1. The molecule has 0 bridgehead atoms. The average Bonchev–Trinajstić information content (AvgIpc) is 3.26. The predicted molar refractivity (Wildman–Crippen MR) is 119 cm³/mol. The van der Waals surface area contributed by atoms with Crippen molar-refractivity contribution in [2.75, 3.05) is 6.61 Å². The molecule has 2 atom stereocenters. The van der Waals surface area contributed by atoms with Crippen LogP contribution < -0.4 is 10.5 Å². The van der Waals surface area contributed by atoms with Crippen molar-refractivity contribution in [1.82, 2.24) is 24.4 Å². The molecular formula is C22H24ClFN6O2. The van der Waals surface area contributed by atoms with E-state index < -0.39 is 11.9 Å². The summed E-state index contributed by atoms with van der Waals surface area (Å²) >= 11 is 6.33. The van der Waals surface area contributed by atoms with Crippen LogP contribution in [-0.2, 0) is 13.5 Å². The fraction of sp³-hybridized carbons (Fsp3) is 0.318. The van der Waals surface area contributed by atoms with Crippen molar-refractivity contribution >= 4 is 17.1 Å². The molecule has 4 aromatic rings. The first kappa shape index (κ1) is 22.2. The molecule has 0 fully saturated rings. The van der Waals surface area contributed by atoms with Crippen LogP contribution in [0, 0.1) is 12.7 Å². The molecule has 0 spiro atoms. The Labute approximate surface area is 189 Å². The van der Waals surface area contributed by atoms with E-state index in [9.17, 15) is 9.50 Å². The van der Waals surface area contributed by atoms with Gasteiger partial charge in [-0.15, -0.1) is 0 Å². The van der Waals surface area contributed by atoms with Crippen LogP contribution in [0.4, 0.5) is 4.39 Å². The quantitative estimate of drug-likeness (QED) is 0.440. The SMILES string of the molecule is Cc1c(-c2cc(OCC(O)c3ccc(F)cn3)c3c(Cl)cnn3c2)nn(C)c1CC(C)N. The number of pyridine rings is 2. The summed E-state index contributed by atoms with van der Waals surface area (Å²) in [5, 5.41) is 19.8. The molecule has 0 aromatic carbocycles. The Bertz CT molecular complexity index is 1250. The Balaban J connectivity index is 1.69. The minimum absolute atomic E-state index is 0.00445. The van der Waals surface area contributed by atoms with Crippen LogP contribution in [-0.4, -0.2) is 42.1 Å². The van der Waals surface area contributed by atoms with Gasteiger partial charge in [0.1, 0.15) is 29.8 Å². The first-order valence-electron chi connectivity index (χ1n) is 10.1. The maximum Gasteiger partial charge on any atom is 0.147 e. The molecule has 4 rings (SSSR count). The van der Waals surface area contributed by atoms with E-state index >= 15 is 0 Å². The summed E-state index contributed by atoms with van der Waals surface area (Å²) in [6.45, 7) is 3.86. The molecule has 4 heterocycles. The Morgan fingerprint density at radius 1 is 1.31 bits per heavy atom. The molecule has 0 amide bonds. The van der Waals surface area contributed by atoms with Gasteiger partial charge in [0, 0.05) is 37.0 Å². The number of halogens is 2. The standard InChI is InChI=1S/C22H24ClFN6O2/c1-12(25)6-18-13(2)21(28-29(18)3)14-7-20(22-16(23)9-27-30(22)10-14)32-11-19(31)17-5-4-15(24)8-26-17/h4-5,7-10,12,19,31H,6,11,25H2,1-3H3. The third-order valence-corrected chi connectivity index (χ3v) is 5.51. The molecule has 2 unspecified atom stereocenters. The summed E-state index contributed by atoms with van der Waals surface area (Å²) in [5.74, 6) is -0.0404. The highest BCUT2D eigenvalue weighted by atomic mass is 35.5. The van der Waals surface area contributed by atoms with Crippen molar-refractivity contribution in [3.8, 4) is 17.0 Å². The summed E-state index contributed by atoms with van der Waals surface area (Å²) in [5.41, 5.74) is 10.5. The lowest BCUT2D eigenvalue weighted by molar-refractivity contribution is 0.105. The van der Waals surface area contributed by atoms with Crippen LogP contribution in [0.3, 0.4) is 0 Å². The van der Waals surface area contributed by atoms with Crippen molar-refractivity contribution in [3.05, 3.63) is 64.6 Å². The van der Waals surface area contributed by atoms with Crippen molar-refractivity contribution in [2.24, 2.45) is 12.8 Å². The first-order chi connectivity index (χ1) is 15.2. The number of aryl methyl sites for hydroxylation is 1. The van der Waals surface area contributed by atoms with Crippen LogP contribution in [0.25, 0.3) is 16.8 Å². The molecule has 0 aliphatic carbocycles. The molecule has 8 nitrogen and oxygen atoms in total. The second-order valence-corrected chi connectivity index (χ2v) is 8.24. The number of nitrogens with zero attached hydrogens (tertiary/aromatic N) is 5. The highest BCUT2D eigenvalue weighted by Crippen LogP contribution is 2.34. The fourth-order valence-electron chi connectivity index (χ4n) is 3.66. The molecule has 0 radical (unpaired) electrons. The van der Waals surface area contributed by atoms with E-state index in [0.717, 1.165) is 28.7 Å². The number of aromatic nitrogens is 5. The minimum atomic E-state index is -1.05. The molecule has 0 saturated heterocycles. The number of ether oxygens (including phenoxy) is 1. The molecule has 32 heavy (non-hydrogen) atoms. The van der Waals surface area contributed by atoms with Crippen LogP contribution >= 0.6 is 11.6 Å². The third-order valence-electron chi connectivity index (χ3n) is 5.24. The van der Waals surface area contributed by atoms with Gasteiger partial charge in [-0.2, -0.15) is 10.2 Å². The summed E-state index contributed by atoms with van der Waals surface area (Å²) in [6, 6.07) is 4.48. The minimum Gasteiger partial charge on any atom is -0.488 e. The highest BCUT2D eigenvalue weighted by Gasteiger charge is 2.20. The number of hydrogen-bond donors (Lipinski definition) is 2. The zero-order valence-electron chi connectivity index (χ0n) is 18.0. The van der Waals surface area contributed by atoms with E-state index in [1.165, 1.54) is 18.3 Å². The number of nitrogens with two attached hydrogens (primary N) is 1. The molecule has 10 heteroatoms. The number of aliphatic hydroxyl groups excluding tert-OH is 1. The van der Waals surface area contributed by atoms with Gasteiger partial charge in [-0.1, -0.05) is 11.6 Å². The Hall–Kier alpha value is -3.01. The Morgan fingerprint density at radius 2 is 2.09 bits per heavy atom. The number of fused-ring (bicyclic) bond motifs is 1. The molecule has 0 aliphatic heterocycles. The van der Waals surface area contributed by atoms with Gasteiger partial charge >= 0.3 is 0 Å². The number of hydrogen-bond acceptors (Lipinski definition) is 6. The lowest BCUT2D eigenvalue weighted by atomic mass is 10.0. The van der Waals surface area contributed by atoms with Crippen LogP contribution in [0.1, 0.15) is 30.0 Å². The lowest BCUT2D eigenvalue weighted by Gasteiger charge is -2.14. The Kier molecular flexibility index (Phi) is 6.14. The van der Waals surface area contributed by atoms with Gasteiger partial charge < -0.3 is 15.6 Å². The van der Waals surface area contributed by atoms with Crippen molar-refractivity contribution in [3.63, 3.8) is 0 Å². The van der Waals surface area contributed by atoms with Gasteiger partial charge in [-0.3, -0.25) is 9.67 Å². The Morgan fingerprint density at radius 3 is 2.78 bits per heavy atom. The first-order valence-corrected chi connectivity index (χ1v) is 10.5. The van der Waals surface area contributed by atoms with Crippen LogP contribution in [0.5, 0.6) is 5.75 Å². The third kappa shape index (κ3) is 4.32. The second kappa shape index (κ2) is 8.85. The van der Waals surface area contributed by atoms with Gasteiger partial charge in [-0.05, 0) is 37.6 Å². The summed E-state index contributed by atoms with van der Waals surface area (Å²) in [6.07, 6.45) is 4.06. The van der Waals surface area contributed by atoms with E-state index in [1.54, 1.807) is 4.52 Å². The summed E-state index contributed by atoms with van der Waals surface area (Å²) in [4.78, 5) is 3.90. The van der Waals surface area contributed by atoms with Gasteiger partial charge in [-0.25, -0.2) is 8.91 Å². The van der Waals surface area contributed by atoms with E-state index in [1.807, 2.05) is 37.8 Å². The van der Waals surface area contributed by atoms with Crippen LogP contribution in [0.15, 0.2) is 36.8 Å². The maximum absolute atomic E-state index is 13.1. The zero-order valence-corrected chi connectivity index (χ0v) is 18.7. The zero-order chi connectivity index (χ0) is 23.0. The van der Waals surface area contributed by atoms with E-state index in [4.69, 9.17) is 22.1 Å². The normalized spacial score (nSPS) is 13.5. The predicted octanol–water partition coefficient (Wildman–Crippen LogP) is 3.23. The van der Waals surface area contributed by atoms with Crippen LogP contribution in [0.2, 0.25) is 5.02 Å². The van der Waals surface area contributed by atoms with E-state index in [2.05, 4.69) is 15.2 Å². The second-order valence-electron chi connectivity index (χ2n) is 7.83. The molecule has 168 valence electrons. The largest absolute Gasteiger partial charge is 0.488 e. The molecule has 0 saturated carbocycles. The van der Waals surface area contributed by atoms with Gasteiger partial charge in [0.25, 0.3) is 0 Å². The molecule has 3 N–H and O–H groups in total. The lowest BCUT2D eigenvalue weighted by Crippen LogP contribution is -2.20. The van der Waals surface area contributed by atoms with Gasteiger partial charge in [0.2, 0.25) is 0 Å². The van der Waals surface area contributed by atoms with Gasteiger partial charge in [0.15, 0.2) is 0 Å². The van der Waals surface area contributed by atoms with Gasteiger partial charge in [0.05, 0.1) is 28.8 Å². The van der Waals surface area contributed by atoms with Crippen molar-refractivity contribution in [2.45, 2.75) is 32.4 Å². The number of aliphatic hydroxyl groups is 1. The number of rotatable bonds is 7. The average molecular weight is 459 g/mol. The highest BCUT2D eigenvalue weighted by molar-refractivity contribution is 6.34. The smallest absolute Gasteiger partial charge is 0.147 e. The monoisotopic (exact) mass is 458 g/mol. The molecule has 0 aliphatic rings. The summed E-state index contributed by atoms with van der Waals surface area (Å²) in [7, 11) is 1.89. The molecular weight excluding hydrogens is 435 g/mol. The van der Waals surface area contributed by atoms with Crippen molar-refractivity contribution in [1.29, 1.82) is 0 Å². The molecule has 4 aromatic heterocycles. The fourth-order valence-corrected chi connectivity index (χ4v) is 3.88. The summed E-state index contributed by atoms with van der Waals surface area (Å²) < 4.78 is 22.5. The van der Waals surface area contributed by atoms with E-state index in [-0.39, 0.29) is 12.6 Å². The van der Waals surface area contributed by atoms with E-state index in [0.29, 0.717) is 28.4 Å². The topological polar surface area (TPSA) is 103 Å².